The lowest BCUT2D eigenvalue weighted by atomic mass is 9.98. The number of benzene rings is 1. The van der Waals surface area contributed by atoms with Gasteiger partial charge in [-0.3, -0.25) is 4.79 Å². The maximum atomic E-state index is 12.4. The second-order valence-electron chi connectivity index (χ2n) is 5.15. The topological polar surface area (TPSA) is 32.3 Å². The molecule has 3 nitrogen and oxygen atoms in total. The molecule has 1 saturated heterocycles. The zero-order chi connectivity index (χ0) is 13.2. The van der Waals surface area contributed by atoms with E-state index in [1.54, 1.807) is 4.90 Å². The highest BCUT2D eigenvalue weighted by Gasteiger charge is 2.37. The van der Waals surface area contributed by atoms with E-state index in [4.69, 9.17) is 11.6 Å². The number of nitrogens with one attached hydrogen (secondary N) is 1. The van der Waals surface area contributed by atoms with Gasteiger partial charge in [-0.1, -0.05) is 23.7 Å². The van der Waals surface area contributed by atoms with E-state index in [1.807, 2.05) is 38.2 Å². The third-order valence-electron chi connectivity index (χ3n) is 3.52. The second-order valence-corrected chi connectivity index (χ2v) is 5.59. The van der Waals surface area contributed by atoms with E-state index in [2.05, 4.69) is 5.32 Å². The fraction of sp³-hybridized carbons (Fsp3) is 0.500. The van der Waals surface area contributed by atoms with Crippen molar-refractivity contribution >= 4 is 17.5 Å². The van der Waals surface area contributed by atoms with E-state index in [0.29, 0.717) is 6.54 Å². The molecule has 0 aliphatic carbocycles. The van der Waals surface area contributed by atoms with E-state index in [9.17, 15) is 4.79 Å². The lowest BCUT2D eigenvalue weighted by molar-refractivity contribution is -0.136. The van der Waals surface area contributed by atoms with Gasteiger partial charge < -0.3 is 10.2 Å². The molecule has 1 aliphatic heterocycles. The third kappa shape index (κ3) is 2.85. The Labute approximate surface area is 113 Å². The Balaban J connectivity index is 2.01. The van der Waals surface area contributed by atoms with Crippen LogP contribution in [0.1, 0.15) is 25.3 Å². The summed E-state index contributed by atoms with van der Waals surface area (Å²) >= 11 is 5.85. The predicted molar refractivity (Wildman–Crippen MR) is 73.6 cm³/mol. The largest absolute Gasteiger partial charge is 0.340 e. The van der Waals surface area contributed by atoms with E-state index in [1.165, 1.54) is 0 Å². The van der Waals surface area contributed by atoms with Crippen LogP contribution in [0.15, 0.2) is 24.3 Å². The minimum Gasteiger partial charge on any atom is -0.340 e. The standard InChI is InChI=1S/C14H19ClN2O/c1-14(8-3-9-16-14)13(18)17(2)10-11-4-6-12(15)7-5-11/h4-7,16H,3,8-10H2,1-2H3. The Hall–Kier alpha value is -1.06. The summed E-state index contributed by atoms with van der Waals surface area (Å²) in [6.07, 6.45) is 1.98. The summed E-state index contributed by atoms with van der Waals surface area (Å²) < 4.78 is 0. The maximum absolute atomic E-state index is 12.4. The van der Waals surface area contributed by atoms with Crippen molar-refractivity contribution in [3.63, 3.8) is 0 Å². The first kappa shape index (κ1) is 13.4. The molecule has 1 heterocycles. The highest BCUT2D eigenvalue weighted by Crippen LogP contribution is 2.21. The molecule has 1 N–H and O–H groups in total. The number of amides is 1. The third-order valence-corrected chi connectivity index (χ3v) is 3.77. The van der Waals surface area contributed by atoms with Crippen LogP contribution in [0.3, 0.4) is 0 Å². The molecule has 0 saturated carbocycles. The molecule has 1 fully saturated rings. The lowest BCUT2D eigenvalue weighted by Gasteiger charge is -2.29. The first-order valence-corrected chi connectivity index (χ1v) is 6.64. The molecule has 1 unspecified atom stereocenters. The molecule has 0 bridgehead atoms. The van der Waals surface area contributed by atoms with Crippen molar-refractivity contribution in [1.29, 1.82) is 0 Å². The summed E-state index contributed by atoms with van der Waals surface area (Å²) in [7, 11) is 1.85. The molecule has 1 amide bonds. The average Bonchev–Trinajstić information content (AvgIpc) is 2.79. The number of hydrogen-bond acceptors (Lipinski definition) is 2. The van der Waals surface area contributed by atoms with Crippen LogP contribution in [0.25, 0.3) is 0 Å². The molecule has 1 atom stereocenters. The molecule has 1 aromatic carbocycles. The number of carbonyl (C=O) groups is 1. The Kier molecular flexibility index (Phi) is 3.93. The molecule has 18 heavy (non-hydrogen) atoms. The number of hydrogen-bond donors (Lipinski definition) is 1. The molecule has 0 radical (unpaired) electrons. The second kappa shape index (κ2) is 5.29. The van der Waals surface area contributed by atoms with Gasteiger partial charge >= 0.3 is 0 Å². The van der Waals surface area contributed by atoms with Crippen LogP contribution in [-0.2, 0) is 11.3 Å². The molecular formula is C14H19ClN2O. The van der Waals surface area contributed by atoms with Crippen molar-refractivity contribution in [3.8, 4) is 0 Å². The van der Waals surface area contributed by atoms with Gasteiger partial charge in [-0.05, 0) is 44.0 Å². The van der Waals surface area contributed by atoms with Crippen molar-refractivity contribution in [1.82, 2.24) is 10.2 Å². The maximum Gasteiger partial charge on any atom is 0.242 e. The zero-order valence-electron chi connectivity index (χ0n) is 10.9. The van der Waals surface area contributed by atoms with Gasteiger partial charge in [0, 0.05) is 18.6 Å². The molecule has 1 aromatic rings. The fourth-order valence-corrected chi connectivity index (χ4v) is 2.56. The summed E-state index contributed by atoms with van der Waals surface area (Å²) in [4.78, 5) is 14.2. The molecule has 1 aliphatic rings. The summed E-state index contributed by atoms with van der Waals surface area (Å²) in [6, 6.07) is 7.61. The quantitative estimate of drug-likeness (QED) is 0.911. The first-order valence-electron chi connectivity index (χ1n) is 6.26. The van der Waals surface area contributed by atoms with E-state index in [0.717, 1.165) is 30.0 Å². The predicted octanol–water partition coefficient (Wildman–Crippen LogP) is 2.44. The van der Waals surface area contributed by atoms with Gasteiger partial charge in [-0.15, -0.1) is 0 Å². The minimum absolute atomic E-state index is 0.162. The SMILES string of the molecule is CN(Cc1ccc(Cl)cc1)C(=O)C1(C)CCCN1. The lowest BCUT2D eigenvalue weighted by Crippen LogP contribution is -2.51. The van der Waals surface area contributed by atoms with Crippen LogP contribution in [0.2, 0.25) is 5.02 Å². The summed E-state index contributed by atoms with van der Waals surface area (Å²) in [5.41, 5.74) is 0.707. The van der Waals surface area contributed by atoms with Crippen LogP contribution >= 0.6 is 11.6 Å². The molecule has 0 spiro atoms. The Morgan fingerprint density at radius 1 is 1.44 bits per heavy atom. The van der Waals surface area contributed by atoms with Gasteiger partial charge in [0.05, 0.1) is 5.54 Å². The molecule has 98 valence electrons. The van der Waals surface area contributed by atoms with Crippen molar-refractivity contribution in [3.05, 3.63) is 34.9 Å². The van der Waals surface area contributed by atoms with Gasteiger partial charge in [0.1, 0.15) is 0 Å². The minimum atomic E-state index is -0.388. The Morgan fingerprint density at radius 2 is 2.11 bits per heavy atom. The van der Waals surface area contributed by atoms with E-state index in [-0.39, 0.29) is 11.4 Å². The van der Waals surface area contributed by atoms with Crippen LogP contribution in [-0.4, -0.2) is 29.9 Å². The molecular weight excluding hydrogens is 248 g/mol. The summed E-state index contributed by atoms with van der Waals surface area (Å²) in [5.74, 6) is 0.162. The number of halogens is 1. The van der Waals surface area contributed by atoms with Gasteiger partial charge in [-0.2, -0.15) is 0 Å². The van der Waals surface area contributed by atoms with Crippen molar-refractivity contribution in [2.75, 3.05) is 13.6 Å². The van der Waals surface area contributed by atoms with Gasteiger partial charge in [0.2, 0.25) is 5.91 Å². The smallest absolute Gasteiger partial charge is 0.242 e. The monoisotopic (exact) mass is 266 g/mol. The number of rotatable bonds is 3. The van der Waals surface area contributed by atoms with Crippen molar-refractivity contribution in [2.24, 2.45) is 0 Å². The summed E-state index contributed by atoms with van der Waals surface area (Å²) in [5, 5.41) is 4.02. The molecule has 2 rings (SSSR count). The van der Waals surface area contributed by atoms with Crippen LogP contribution in [0.4, 0.5) is 0 Å². The average molecular weight is 267 g/mol. The number of likely N-dealkylation sites (N-methyl/N-ethyl adjacent to an activating group) is 1. The number of carbonyl (C=O) groups excluding carboxylic acids is 1. The van der Waals surface area contributed by atoms with Crippen LogP contribution in [0.5, 0.6) is 0 Å². The van der Waals surface area contributed by atoms with Crippen molar-refractivity contribution in [2.45, 2.75) is 31.8 Å². The fourth-order valence-electron chi connectivity index (χ4n) is 2.43. The Bertz CT molecular complexity index is 424. The van der Waals surface area contributed by atoms with Gasteiger partial charge in [-0.25, -0.2) is 0 Å². The zero-order valence-corrected chi connectivity index (χ0v) is 11.6. The summed E-state index contributed by atoms with van der Waals surface area (Å²) in [6.45, 7) is 3.53. The van der Waals surface area contributed by atoms with Crippen LogP contribution in [0, 0.1) is 0 Å². The van der Waals surface area contributed by atoms with E-state index >= 15 is 0 Å². The molecule has 0 aromatic heterocycles. The van der Waals surface area contributed by atoms with Crippen LogP contribution < -0.4 is 5.32 Å². The number of nitrogens with zero attached hydrogens (tertiary/aromatic N) is 1. The normalized spacial score (nSPS) is 23.1. The first-order chi connectivity index (χ1) is 8.51. The van der Waals surface area contributed by atoms with E-state index < -0.39 is 0 Å². The highest BCUT2D eigenvalue weighted by molar-refractivity contribution is 6.30. The highest BCUT2D eigenvalue weighted by atomic mass is 35.5. The Morgan fingerprint density at radius 3 is 2.67 bits per heavy atom. The van der Waals surface area contributed by atoms with Crippen molar-refractivity contribution < 1.29 is 4.79 Å². The molecule has 4 heteroatoms. The van der Waals surface area contributed by atoms with Gasteiger partial charge in [0.25, 0.3) is 0 Å². The van der Waals surface area contributed by atoms with Gasteiger partial charge in [0.15, 0.2) is 0 Å².